The van der Waals surface area contributed by atoms with E-state index in [2.05, 4.69) is 94.3 Å². The zero-order valence-electron chi connectivity index (χ0n) is 21.6. The first-order chi connectivity index (χ1) is 16.3. The van der Waals surface area contributed by atoms with E-state index in [1.807, 2.05) is 0 Å². The van der Waals surface area contributed by atoms with Gasteiger partial charge in [0.1, 0.15) is 5.75 Å². The van der Waals surface area contributed by atoms with Gasteiger partial charge < -0.3 is 8.74 Å². The van der Waals surface area contributed by atoms with Crippen molar-refractivity contribution < 1.29 is 46.8 Å². The molecule has 0 fully saturated rings. The van der Waals surface area contributed by atoms with Crippen LogP contribution in [0.1, 0.15) is 52.7 Å². The van der Waals surface area contributed by atoms with Gasteiger partial charge >= 0.3 is 21.2 Å². The topological polar surface area (TPSA) is 101 Å². The van der Waals surface area contributed by atoms with Crippen molar-refractivity contribution in [3.8, 4) is 5.75 Å². The fourth-order valence-electron chi connectivity index (χ4n) is 3.01. The highest BCUT2D eigenvalue weighted by molar-refractivity contribution is 7.90. The van der Waals surface area contributed by atoms with Gasteiger partial charge in [0.15, 0.2) is 17.0 Å². The van der Waals surface area contributed by atoms with Crippen LogP contribution in [0.2, 0.25) is 0 Å². The van der Waals surface area contributed by atoms with Crippen LogP contribution in [0.25, 0.3) is 0 Å². The molecule has 0 amide bonds. The van der Waals surface area contributed by atoms with Gasteiger partial charge in [-0.15, -0.1) is 0 Å². The van der Waals surface area contributed by atoms with Crippen molar-refractivity contribution in [2.45, 2.75) is 57.3 Å². The average molecular weight is 645 g/mol. The molecule has 36 heavy (non-hydrogen) atoms. The molecule has 0 aliphatic heterocycles. The Morgan fingerprint density at radius 2 is 1.00 bits per heavy atom. The summed E-state index contributed by atoms with van der Waals surface area (Å²) in [6.45, 7) is 13.6. The van der Waals surface area contributed by atoms with Crippen LogP contribution in [0.15, 0.2) is 77.7 Å². The maximum absolute atomic E-state index is 11.0. The monoisotopic (exact) mass is 644 g/mol. The molecule has 9 heteroatoms. The first-order valence-electron chi connectivity index (χ1n) is 11.2. The lowest BCUT2D eigenvalue weighted by Crippen LogP contribution is -3.61. The van der Waals surface area contributed by atoms with Gasteiger partial charge in [-0.05, 0) is 70.5 Å². The van der Waals surface area contributed by atoms with Crippen LogP contribution in [0.3, 0.4) is 0 Å². The van der Waals surface area contributed by atoms with Gasteiger partial charge in [0, 0.05) is 6.26 Å². The van der Waals surface area contributed by atoms with Crippen molar-refractivity contribution in [2.75, 3.05) is 6.26 Å². The van der Waals surface area contributed by atoms with Crippen LogP contribution in [0, 0.1) is 7.14 Å². The quantitative estimate of drug-likeness (QED) is 0.240. The second-order valence-electron chi connectivity index (χ2n) is 10.3. The van der Waals surface area contributed by atoms with E-state index >= 15 is 0 Å². The van der Waals surface area contributed by atoms with Crippen LogP contribution in [0.4, 0.5) is 0 Å². The molecule has 0 atom stereocenters. The molecule has 6 nitrogen and oxygen atoms in total. The lowest BCUT2D eigenvalue weighted by atomic mass is 9.87. The number of hydrogen-bond acceptors (Lipinski definition) is 6. The molecule has 3 rings (SSSR count). The lowest BCUT2D eigenvalue weighted by molar-refractivity contribution is -0.597. The van der Waals surface area contributed by atoms with Crippen molar-refractivity contribution in [1.82, 2.24) is 0 Å². The number of hydrogen-bond donors (Lipinski definition) is 0. The highest BCUT2D eigenvalue weighted by atomic mass is 127. The summed E-state index contributed by atoms with van der Waals surface area (Å²) < 4.78 is 59.5. The van der Waals surface area contributed by atoms with Gasteiger partial charge in [0.2, 0.25) is 0 Å². The summed E-state index contributed by atoms with van der Waals surface area (Å²) in [4.78, 5) is 0.0122. The summed E-state index contributed by atoms with van der Waals surface area (Å²) >= 11 is -0.0703. The summed E-state index contributed by atoms with van der Waals surface area (Å²) in [7, 11) is -8.17. The number of halogens is 1. The van der Waals surface area contributed by atoms with Gasteiger partial charge in [-0.3, -0.25) is 0 Å². The summed E-state index contributed by atoms with van der Waals surface area (Å²) in [5.41, 5.74) is 3.31. The Labute approximate surface area is 226 Å². The first-order valence-corrected chi connectivity index (χ1v) is 16.5. The predicted molar refractivity (Wildman–Crippen MR) is 138 cm³/mol. The lowest BCUT2D eigenvalue weighted by Gasteiger charge is -2.18. The van der Waals surface area contributed by atoms with Crippen molar-refractivity contribution >= 4 is 20.2 Å². The van der Waals surface area contributed by atoms with E-state index < -0.39 is 20.2 Å². The fourth-order valence-corrected chi connectivity index (χ4v) is 6.15. The molecule has 0 aliphatic rings. The Morgan fingerprint density at radius 3 is 1.28 bits per heavy atom. The molecule has 196 valence electrons. The zero-order chi connectivity index (χ0) is 27.4. The maximum Gasteiger partial charge on any atom is 0.357 e. The van der Waals surface area contributed by atoms with Crippen LogP contribution in [-0.2, 0) is 31.1 Å². The molecule has 0 spiro atoms. The van der Waals surface area contributed by atoms with Crippen LogP contribution < -0.4 is 25.4 Å². The van der Waals surface area contributed by atoms with Gasteiger partial charge in [-0.25, -0.2) is 16.8 Å². The third-order valence-corrected chi connectivity index (χ3v) is 9.30. The van der Waals surface area contributed by atoms with E-state index in [1.165, 1.54) is 18.3 Å². The Bertz CT molecular complexity index is 1290. The highest BCUT2D eigenvalue weighted by Gasteiger charge is 2.20. The minimum absolute atomic E-state index is 0.0122. The number of rotatable bonds is 5. The Kier molecular flexibility index (Phi) is 9.77. The normalized spacial score (nSPS) is 12.4. The first kappa shape index (κ1) is 30.3. The minimum atomic E-state index is -4.82. The zero-order valence-corrected chi connectivity index (χ0v) is 25.4. The van der Waals surface area contributed by atoms with E-state index in [1.54, 1.807) is 0 Å². The van der Waals surface area contributed by atoms with Crippen molar-refractivity contribution in [2.24, 2.45) is 0 Å². The van der Waals surface area contributed by atoms with Crippen molar-refractivity contribution in [1.29, 1.82) is 0 Å². The summed E-state index contributed by atoms with van der Waals surface area (Å²) in [5, 5.41) is 0. The molecule has 0 heterocycles. The average Bonchev–Trinajstić information content (AvgIpc) is 2.72. The van der Waals surface area contributed by atoms with E-state index in [0.29, 0.717) is 0 Å². The summed E-state index contributed by atoms with van der Waals surface area (Å²) in [6, 6.07) is 22.9. The van der Waals surface area contributed by atoms with Gasteiger partial charge in [-0.1, -0.05) is 65.8 Å². The highest BCUT2D eigenvalue weighted by Crippen LogP contribution is 2.22. The second-order valence-corrected chi connectivity index (χ2v) is 16.4. The standard InChI is InChI=1S/C20H26I.C7H8O6S2/c1-19(2,3)15-7-11-17(12-8-15)21-18-13-9-16(10-14-18)20(4,5)6;1-14(8,9)7-4-2-6(3-5-7)13-15(10,11)12/h7-14H,1-6H3;2-5H,1H3,(H,10,11,12)/q+1;/p-1. The number of benzene rings is 3. The largest absolute Gasteiger partial charge is 0.716 e. The van der Waals surface area contributed by atoms with Gasteiger partial charge in [0.05, 0.1) is 4.90 Å². The van der Waals surface area contributed by atoms with Gasteiger partial charge in [-0.2, -0.15) is 0 Å². The van der Waals surface area contributed by atoms with Gasteiger partial charge in [0.25, 0.3) is 10.4 Å². The van der Waals surface area contributed by atoms with Crippen LogP contribution in [-0.4, -0.2) is 27.6 Å². The van der Waals surface area contributed by atoms with E-state index in [9.17, 15) is 21.4 Å². The molecular weight excluding hydrogens is 611 g/mol. The Hall–Kier alpha value is -1.95. The smallest absolute Gasteiger partial charge is 0.357 e. The maximum atomic E-state index is 11.0. The number of sulfone groups is 1. The van der Waals surface area contributed by atoms with E-state index in [0.717, 1.165) is 30.5 Å². The fraction of sp³-hybridized carbons (Fsp3) is 0.333. The van der Waals surface area contributed by atoms with Crippen molar-refractivity contribution in [3.05, 3.63) is 91.1 Å². The summed E-state index contributed by atoms with van der Waals surface area (Å²) in [6.07, 6.45) is 1.01. The van der Waals surface area contributed by atoms with Crippen molar-refractivity contribution in [3.63, 3.8) is 0 Å². The molecule has 0 aromatic heterocycles. The molecule has 0 radical (unpaired) electrons. The minimum Gasteiger partial charge on any atom is -0.716 e. The molecule has 3 aromatic rings. The predicted octanol–water partition coefficient (Wildman–Crippen LogP) is 2.34. The van der Waals surface area contributed by atoms with Crippen LogP contribution >= 0.6 is 0 Å². The Morgan fingerprint density at radius 1 is 0.639 bits per heavy atom. The summed E-state index contributed by atoms with van der Waals surface area (Å²) in [5.74, 6) is -0.225. The molecule has 0 N–H and O–H groups in total. The third kappa shape index (κ3) is 10.2. The second kappa shape index (κ2) is 11.6. The van der Waals surface area contributed by atoms with E-state index in [4.69, 9.17) is 0 Å². The molecule has 0 saturated carbocycles. The van der Waals surface area contributed by atoms with Crippen LogP contribution in [0.5, 0.6) is 5.75 Å². The molecule has 3 aromatic carbocycles. The molecule has 0 bridgehead atoms. The SMILES string of the molecule is CC(C)(C)c1ccc([I+]c2ccc(C(C)(C)C)cc2)cc1.CS(=O)(=O)c1ccc(OS(=O)(=O)[O-])cc1. The molecule has 0 saturated heterocycles. The van der Waals surface area contributed by atoms with E-state index in [-0.39, 0.29) is 42.7 Å². The molecule has 0 unspecified atom stereocenters. The molecular formula is C27H33IO6S2. The molecule has 0 aliphatic carbocycles. The third-order valence-electron chi connectivity index (χ3n) is 5.09. The Balaban J connectivity index is 0.000000269.